The van der Waals surface area contributed by atoms with Crippen LogP contribution in [0.25, 0.3) is 5.69 Å². The summed E-state index contributed by atoms with van der Waals surface area (Å²) in [6.45, 7) is 2.11. The lowest BCUT2D eigenvalue weighted by Gasteiger charge is -2.25. The Morgan fingerprint density at radius 3 is 3.21 bits per heavy atom. The molecule has 0 fully saturated rings. The van der Waals surface area contributed by atoms with Crippen LogP contribution in [0.4, 0.5) is 5.69 Å². The molecule has 4 heteroatoms. The maximum atomic E-state index is 4.16. The molecule has 0 aromatic carbocycles. The molecule has 1 aliphatic rings. The highest BCUT2D eigenvalue weighted by Crippen LogP contribution is 2.31. The monoisotopic (exact) mass is 186 g/mol. The molecule has 0 bridgehead atoms. The molecule has 4 nitrogen and oxygen atoms in total. The van der Waals surface area contributed by atoms with Gasteiger partial charge in [-0.05, 0) is 13.0 Å². The topological polar surface area (TPSA) is 42.7 Å². The fraction of sp³-hybridized carbons (Fsp3) is 0.200. The number of aromatic nitrogens is 3. The molecule has 3 rings (SSSR count). The SMILES string of the molecule is CC1Nc2cnccc2-n2cncc21. The number of hydrogen-bond donors (Lipinski definition) is 1. The molecule has 1 atom stereocenters. The molecule has 1 aliphatic heterocycles. The second-order valence-corrected chi connectivity index (χ2v) is 3.45. The van der Waals surface area contributed by atoms with Crippen LogP contribution in [0.1, 0.15) is 18.7 Å². The third kappa shape index (κ3) is 0.878. The Hall–Kier alpha value is -1.84. The van der Waals surface area contributed by atoms with Gasteiger partial charge in [-0.25, -0.2) is 4.98 Å². The molecule has 2 aromatic rings. The van der Waals surface area contributed by atoms with E-state index in [4.69, 9.17) is 0 Å². The second kappa shape index (κ2) is 2.57. The first-order valence-electron chi connectivity index (χ1n) is 4.59. The molecule has 0 aliphatic carbocycles. The van der Waals surface area contributed by atoms with Gasteiger partial charge in [0, 0.05) is 6.20 Å². The van der Waals surface area contributed by atoms with Gasteiger partial charge in [0.05, 0.1) is 41.8 Å². The van der Waals surface area contributed by atoms with Crippen molar-refractivity contribution < 1.29 is 0 Å². The van der Waals surface area contributed by atoms with Gasteiger partial charge in [0.2, 0.25) is 0 Å². The number of hydrogen-bond acceptors (Lipinski definition) is 3. The summed E-state index contributed by atoms with van der Waals surface area (Å²) in [6, 6.07) is 2.27. The van der Waals surface area contributed by atoms with Crippen LogP contribution in [0.2, 0.25) is 0 Å². The zero-order chi connectivity index (χ0) is 9.54. The van der Waals surface area contributed by atoms with Gasteiger partial charge in [-0.1, -0.05) is 0 Å². The van der Waals surface area contributed by atoms with Gasteiger partial charge in [0.15, 0.2) is 0 Å². The van der Waals surface area contributed by atoms with Gasteiger partial charge < -0.3 is 5.32 Å². The van der Waals surface area contributed by atoms with Gasteiger partial charge in [-0.15, -0.1) is 0 Å². The third-order valence-electron chi connectivity index (χ3n) is 2.54. The molecule has 0 spiro atoms. The van der Waals surface area contributed by atoms with Crippen LogP contribution in [0.15, 0.2) is 31.0 Å². The molecular formula is C10H10N4. The molecule has 0 saturated heterocycles. The summed E-state index contributed by atoms with van der Waals surface area (Å²) in [6.07, 6.45) is 7.36. The quantitative estimate of drug-likeness (QED) is 0.681. The molecule has 0 radical (unpaired) electrons. The Morgan fingerprint density at radius 1 is 1.36 bits per heavy atom. The first-order valence-corrected chi connectivity index (χ1v) is 4.59. The molecule has 0 amide bonds. The van der Waals surface area contributed by atoms with E-state index >= 15 is 0 Å². The van der Waals surface area contributed by atoms with Gasteiger partial charge in [-0.3, -0.25) is 9.55 Å². The lowest BCUT2D eigenvalue weighted by molar-refractivity contribution is 0.771. The highest BCUT2D eigenvalue weighted by molar-refractivity contribution is 5.63. The van der Waals surface area contributed by atoms with Crippen LogP contribution in [0.5, 0.6) is 0 Å². The normalized spacial score (nSPS) is 18.2. The second-order valence-electron chi connectivity index (χ2n) is 3.45. The van der Waals surface area contributed by atoms with Crippen molar-refractivity contribution in [3.8, 4) is 5.69 Å². The third-order valence-corrected chi connectivity index (χ3v) is 2.54. The van der Waals surface area contributed by atoms with E-state index in [0.717, 1.165) is 11.4 Å². The molecule has 2 aromatic heterocycles. The van der Waals surface area contributed by atoms with Crippen molar-refractivity contribution in [2.24, 2.45) is 0 Å². The Morgan fingerprint density at radius 2 is 2.29 bits per heavy atom. The fourth-order valence-electron chi connectivity index (χ4n) is 1.84. The van der Waals surface area contributed by atoms with Crippen LogP contribution in [-0.2, 0) is 0 Å². The summed E-state index contributed by atoms with van der Waals surface area (Å²) in [4.78, 5) is 8.25. The van der Waals surface area contributed by atoms with Crippen molar-refractivity contribution >= 4 is 5.69 Å². The average molecular weight is 186 g/mol. The lowest BCUT2D eigenvalue weighted by atomic mass is 10.1. The smallest absolute Gasteiger partial charge is 0.0995 e. The number of pyridine rings is 1. The van der Waals surface area contributed by atoms with Crippen LogP contribution in [0.3, 0.4) is 0 Å². The number of nitrogens with zero attached hydrogens (tertiary/aromatic N) is 3. The van der Waals surface area contributed by atoms with Gasteiger partial charge >= 0.3 is 0 Å². The number of fused-ring (bicyclic) bond motifs is 3. The number of rotatable bonds is 0. The molecule has 70 valence electrons. The Balaban J connectivity index is 2.29. The Bertz CT molecular complexity index is 474. The van der Waals surface area contributed by atoms with Crippen LogP contribution in [0, 0.1) is 0 Å². The summed E-state index contributed by atoms with van der Waals surface area (Å²) in [5.74, 6) is 0. The van der Waals surface area contributed by atoms with E-state index in [1.165, 1.54) is 5.69 Å². The van der Waals surface area contributed by atoms with Crippen molar-refractivity contribution in [3.05, 3.63) is 36.7 Å². The maximum absolute atomic E-state index is 4.16. The zero-order valence-electron chi connectivity index (χ0n) is 7.81. The first-order chi connectivity index (χ1) is 6.86. The van der Waals surface area contributed by atoms with Crippen LogP contribution < -0.4 is 5.32 Å². The van der Waals surface area contributed by atoms with Crippen molar-refractivity contribution in [2.45, 2.75) is 13.0 Å². The van der Waals surface area contributed by atoms with Crippen LogP contribution >= 0.6 is 0 Å². The largest absolute Gasteiger partial charge is 0.374 e. The Labute approximate surface area is 81.6 Å². The number of nitrogens with one attached hydrogen (secondary N) is 1. The number of imidazole rings is 1. The summed E-state index contributed by atoms with van der Waals surface area (Å²) >= 11 is 0. The highest BCUT2D eigenvalue weighted by atomic mass is 15.1. The predicted octanol–water partition coefficient (Wildman–Crippen LogP) is 1.75. The fourth-order valence-corrected chi connectivity index (χ4v) is 1.84. The number of anilines is 1. The van der Waals surface area contributed by atoms with E-state index in [0.29, 0.717) is 0 Å². The van der Waals surface area contributed by atoms with Crippen molar-refractivity contribution in [3.63, 3.8) is 0 Å². The molecule has 3 heterocycles. The lowest BCUT2D eigenvalue weighted by Crippen LogP contribution is -2.18. The summed E-state index contributed by atoms with van der Waals surface area (Å²) < 4.78 is 2.10. The molecular weight excluding hydrogens is 176 g/mol. The first kappa shape index (κ1) is 7.55. The van der Waals surface area contributed by atoms with E-state index in [1.807, 2.05) is 24.8 Å². The van der Waals surface area contributed by atoms with Gasteiger partial charge in [0.25, 0.3) is 0 Å². The van der Waals surface area contributed by atoms with Crippen molar-refractivity contribution in [1.29, 1.82) is 0 Å². The van der Waals surface area contributed by atoms with Crippen molar-refractivity contribution in [2.75, 3.05) is 5.32 Å². The maximum Gasteiger partial charge on any atom is 0.0995 e. The standard InChI is InChI=1S/C10H10N4/c1-7-10-5-12-6-14(10)9-2-3-11-4-8(9)13-7/h2-7,13H,1H3. The summed E-state index contributed by atoms with van der Waals surface area (Å²) in [5, 5.41) is 3.38. The molecule has 14 heavy (non-hydrogen) atoms. The molecule has 1 unspecified atom stereocenters. The van der Waals surface area contributed by atoms with Crippen molar-refractivity contribution in [1.82, 2.24) is 14.5 Å². The van der Waals surface area contributed by atoms with E-state index in [9.17, 15) is 0 Å². The van der Waals surface area contributed by atoms with E-state index in [1.54, 1.807) is 6.20 Å². The average Bonchev–Trinajstić information content (AvgIpc) is 2.67. The Kier molecular flexibility index (Phi) is 1.39. The van der Waals surface area contributed by atoms with E-state index in [-0.39, 0.29) is 6.04 Å². The summed E-state index contributed by atoms with van der Waals surface area (Å²) in [5.41, 5.74) is 3.36. The molecule has 0 saturated carbocycles. The van der Waals surface area contributed by atoms with Gasteiger partial charge in [0.1, 0.15) is 0 Å². The highest BCUT2D eigenvalue weighted by Gasteiger charge is 2.20. The minimum atomic E-state index is 0.286. The predicted molar refractivity (Wildman–Crippen MR) is 53.4 cm³/mol. The van der Waals surface area contributed by atoms with E-state index in [2.05, 4.69) is 26.8 Å². The molecule has 1 N–H and O–H groups in total. The van der Waals surface area contributed by atoms with Crippen LogP contribution in [-0.4, -0.2) is 14.5 Å². The van der Waals surface area contributed by atoms with E-state index < -0.39 is 0 Å². The zero-order valence-corrected chi connectivity index (χ0v) is 7.81. The summed E-state index contributed by atoms with van der Waals surface area (Å²) in [7, 11) is 0. The minimum absolute atomic E-state index is 0.286. The minimum Gasteiger partial charge on any atom is -0.374 e. The van der Waals surface area contributed by atoms with Gasteiger partial charge in [-0.2, -0.15) is 0 Å².